The zero-order valence-electron chi connectivity index (χ0n) is 19.9. The van der Waals surface area contributed by atoms with Crippen LogP contribution in [0.1, 0.15) is 26.7 Å². The molecule has 4 aromatic rings. The Labute approximate surface area is 200 Å². The van der Waals surface area contributed by atoms with Gasteiger partial charge >= 0.3 is 0 Å². The van der Waals surface area contributed by atoms with Crippen molar-refractivity contribution in [2.45, 2.75) is 32.7 Å². The van der Waals surface area contributed by atoms with E-state index >= 15 is 0 Å². The van der Waals surface area contributed by atoms with Gasteiger partial charge in [-0.2, -0.15) is 0 Å². The van der Waals surface area contributed by atoms with E-state index in [0.717, 1.165) is 54.5 Å². The minimum absolute atomic E-state index is 0.120. The summed E-state index contributed by atoms with van der Waals surface area (Å²) >= 11 is 0. The Hall–Kier alpha value is -3.58. The first kappa shape index (κ1) is 22.2. The molecule has 0 amide bonds. The third-order valence-corrected chi connectivity index (χ3v) is 6.90. The largest absolute Gasteiger partial charge is 0.369 e. The summed E-state index contributed by atoms with van der Waals surface area (Å²) in [6.07, 6.45) is 7.82. The summed E-state index contributed by atoms with van der Waals surface area (Å²) in [5, 5.41) is 3.51. The lowest BCUT2D eigenvalue weighted by Crippen LogP contribution is -2.50. The van der Waals surface area contributed by atoms with E-state index in [1.165, 1.54) is 18.5 Å². The fraction of sp³-hybridized carbons (Fsp3) is 0.333. The zero-order valence-corrected chi connectivity index (χ0v) is 19.9. The second-order valence-electron chi connectivity index (χ2n) is 8.86. The summed E-state index contributed by atoms with van der Waals surface area (Å²) in [4.78, 5) is 24.1. The van der Waals surface area contributed by atoms with Crippen LogP contribution >= 0.6 is 0 Å². The first-order valence-electron chi connectivity index (χ1n) is 12.2. The Bertz CT molecular complexity index is 1300. The molecule has 1 aliphatic heterocycles. The average molecular weight is 457 g/mol. The molecule has 0 aliphatic carbocycles. The molecule has 5 rings (SSSR count). The number of aromatic amines is 1. The van der Waals surface area contributed by atoms with Crippen LogP contribution in [0.5, 0.6) is 0 Å². The van der Waals surface area contributed by atoms with E-state index in [2.05, 4.69) is 63.2 Å². The predicted molar refractivity (Wildman–Crippen MR) is 139 cm³/mol. The molecule has 1 aromatic carbocycles. The first-order valence-corrected chi connectivity index (χ1v) is 12.2. The van der Waals surface area contributed by atoms with Gasteiger partial charge in [0.2, 0.25) is 5.56 Å². The average Bonchev–Trinajstić information content (AvgIpc) is 3.37. The van der Waals surface area contributed by atoms with Gasteiger partial charge in [0.05, 0.1) is 11.4 Å². The number of pyridine rings is 2. The topological polar surface area (TPSA) is 68.7 Å². The Morgan fingerprint density at radius 1 is 1.00 bits per heavy atom. The summed E-state index contributed by atoms with van der Waals surface area (Å²) in [5.74, 6) is 0. The maximum Gasteiger partial charge on any atom is 0.248 e. The van der Waals surface area contributed by atoms with Crippen LogP contribution in [0.4, 0.5) is 17.1 Å². The Balaban J connectivity index is 1.30. The molecular formula is C27H32N6O. The van der Waals surface area contributed by atoms with Crippen LogP contribution in [0.3, 0.4) is 0 Å². The van der Waals surface area contributed by atoms with E-state index in [-0.39, 0.29) is 5.56 Å². The molecule has 0 atom stereocenters. The maximum atomic E-state index is 11.8. The van der Waals surface area contributed by atoms with Gasteiger partial charge in [0.1, 0.15) is 0 Å². The van der Waals surface area contributed by atoms with Gasteiger partial charge in [0.15, 0.2) is 5.65 Å². The number of piperazine rings is 1. The summed E-state index contributed by atoms with van der Waals surface area (Å²) in [6.45, 7) is 8.98. The van der Waals surface area contributed by atoms with Crippen molar-refractivity contribution in [1.82, 2.24) is 19.3 Å². The fourth-order valence-electron chi connectivity index (χ4n) is 5.01. The van der Waals surface area contributed by atoms with E-state index in [0.29, 0.717) is 6.04 Å². The lowest BCUT2D eigenvalue weighted by Gasteiger charge is -2.39. The quantitative estimate of drug-likeness (QED) is 0.420. The third-order valence-electron chi connectivity index (χ3n) is 6.90. The number of anilines is 3. The van der Waals surface area contributed by atoms with E-state index in [9.17, 15) is 4.79 Å². The molecule has 3 aromatic heterocycles. The molecular weight excluding hydrogens is 424 g/mol. The van der Waals surface area contributed by atoms with E-state index < -0.39 is 0 Å². The molecule has 2 N–H and O–H groups in total. The molecule has 7 heteroatoms. The molecule has 34 heavy (non-hydrogen) atoms. The van der Waals surface area contributed by atoms with Crippen molar-refractivity contribution in [3.8, 4) is 11.3 Å². The van der Waals surface area contributed by atoms with Gasteiger partial charge < -0.3 is 15.2 Å². The second kappa shape index (κ2) is 9.73. The number of hydrogen-bond acceptors (Lipinski definition) is 5. The number of hydrogen-bond donors (Lipinski definition) is 2. The molecule has 1 saturated heterocycles. The normalized spacial score (nSPS) is 14.7. The van der Waals surface area contributed by atoms with Gasteiger partial charge in [-0.15, -0.1) is 0 Å². The molecule has 0 spiro atoms. The number of benzene rings is 1. The Morgan fingerprint density at radius 2 is 1.76 bits per heavy atom. The van der Waals surface area contributed by atoms with Crippen molar-refractivity contribution in [2.24, 2.45) is 0 Å². The van der Waals surface area contributed by atoms with E-state index in [4.69, 9.17) is 0 Å². The highest BCUT2D eigenvalue weighted by Gasteiger charge is 2.21. The molecule has 7 nitrogen and oxygen atoms in total. The molecule has 0 unspecified atom stereocenters. The lowest BCUT2D eigenvalue weighted by molar-refractivity contribution is 0.175. The monoisotopic (exact) mass is 456 g/mol. The van der Waals surface area contributed by atoms with Gasteiger partial charge in [0.25, 0.3) is 0 Å². The lowest BCUT2D eigenvalue weighted by atomic mass is 10.1. The molecule has 1 aliphatic rings. The second-order valence-corrected chi connectivity index (χ2v) is 8.86. The number of nitrogens with one attached hydrogen (secondary N) is 2. The van der Waals surface area contributed by atoms with Crippen LogP contribution < -0.4 is 15.8 Å². The van der Waals surface area contributed by atoms with Gasteiger partial charge in [-0.25, -0.2) is 4.98 Å². The molecule has 0 bridgehead atoms. The van der Waals surface area contributed by atoms with Crippen LogP contribution in [0, 0.1) is 0 Å². The van der Waals surface area contributed by atoms with Crippen molar-refractivity contribution in [3.05, 3.63) is 77.5 Å². The van der Waals surface area contributed by atoms with Gasteiger partial charge in [-0.1, -0.05) is 13.8 Å². The summed E-state index contributed by atoms with van der Waals surface area (Å²) in [6, 6.07) is 16.9. The van der Waals surface area contributed by atoms with E-state index in [1.54, 1.807) is 18.5 Å². The van der Waals surface area contributed by atoms with Crippen molar-refractivity contribution in [3.63, 3.8) is 0 Å². The van der Waals surface area contributed by atoms with Crippen LogP contribution in [-0.4, -0.2) is 51.5 Å². The van der Waals surface area contributed by atoms with Crippen molar-refractivity contribution < 1.29 is 0 Å². The van der Waals surface area contributed by atoms with Crippen LogP contribution in [0.25, 0.3) is 16.9 Å². The number of aromatic nitrogens is 3. The molecule has 0 radical (unpaired) electrons. The minimum Gasteiger partial charge on any atom is -0.369 e. The maximum absolute atomic E-state index is 11.8. The summed E-state index contributed by atoms with van der Waals surface area (Å²) in [5.41, 5.74) is 5.69. The zero-order chi connectivity index (χ0) is 23.5. The highest BCUT2D eigenvalue weighted by molar-refractivity contribution is 5.78. The van der Waals surface area contributed by atoms with Gasteiger partial charge in [-0.05, 0) is 55.3 Å². The van der Waals surface area contributed by atoms with Crippen LogP contribution in [0.2, 0.25) is 0 Å². The molecule has 1 fully saturated rings. The standard InChI is InChI=1S/C27H32N6O/c1-3-22(4-2)31-15-17-32(18-16-31)23-7-5-21(6-8-23)30-24-9-10-25(33-14-13-29-27(24)33)20-11-12-28-26(34)19-20/h5-14,19,22,30H,3-4,15-18H2,1-2H3,(H,28,34). The minimum atomic E-state index is -0.120. The number of fused-ring (bicyclic) bond motifs is 1. The highest BCUT2D eigenvalue weighted by Crippen LogP contribution is 2.28. The van der Waals surface area contributed by atoms with Gasteiger partial charge in [-0.3, -0.25) is 14.1 Å². The smallest absolute Gasteiger partial charge is 0.248 e. The van der Waals surface area contributed by atoms with Crippen molar-refractivity contribution in [1.29, 1.82) is 0 Å². The Kier molecular flexibility index (Phi) is 6.36. The molecule has 4 heterocycles. The summed E-state index contributed by atoms with van der Waals surface area (Å²) < 4.78 is 2.00. The summed E-state index contributed by atoms with van der Waals surface area (Å²) in [7, 11) is 0. The first-order chi connectivity index (χ1) is 16.7. The number of H-pyrrole nitrogens is 1. The van der Waals surface area contributed by atoms with Gasteiger partial charge in [0, 0.05) is 73.8 Å². The van der Waals surface area contributed by atoms with Crippen LogP contribution in [0.15, 0.2) is 71.9 Å². The van der Waals surface area contributed by atoms with Crippen LogP contribution in [-0.2, 0) is 0 Å². The molecule has 176 valence electrons. The Morgan fingerprint density at radius 3 is 2.47 bits per heavy atom. The predicted octanol–water partition coefficient (Wildman–Crippen LogP) is 4.74. The third kappa shape index (κ3) is 4.43. The number of nitrogens with zero attached hydrogens (tertiary/aromatic N) is 4. The van der Waals surface area contributed by atoms with Crippen molar-refractivity contribution in [2.75, 3.05) is 36.4 Å². The molecule has 0 saturated carbocycles. The fourth-order valence-corrected chi connectivity index (χ4v) is 5.01. The SMILES string of the molecule is CCC(CC)N1CCN(c2ccc(Nc3ccc(-c4cc[nH]c(=O)c4)n4ccnc34)cc2)CC1. The number of rotatable bonds is 7. The number of imidazole rings is 1. The highest BCUT2D eigenvalue weighted by atomic mass is 16.1. The van der Waals surface area contributed by atoms with E-state index in [1.807, 2.05) is 28.8 Å². The van der Waals surface area contributed by atoms with Crippen molar-refractivity contribution >= 4 is 22.7 Å².